The minimum absolute atomic E-state index is 0.171. The normalized spacial score (nSPS) is 16.0. The Morgan fingerprint density at radius 1 is 1.30 bits per heavy atom. The van der Waals surface area contributed by atoms with Crippen molar-refractivity contribution in [2.75, 3.05) is 18.1 Å². The molecule has 1 atom stereocenters. The lowest BCUT2D eigenvalue weighted by molar-refractivity contribution is -0.143. The second-order valence-corrected chi connectivity index (χ2v) is 7.86. The molecule has 3 heterocycles. The van der Waals surface area contributed by atoms with Gasteiger partial charge in [-0.15, -0.1) is 0 Å². The lowest BCUT2D eigenvalue weighted by Gasteiger charge is -2.33. The predicted octanol–water partition coefficient (Wildman–Crippen LogP) is 1.90. The largest absolute Gasteiger partial charge is 0.465 e. The van der Waals surface area contributed by atoms with Gasteiger partial charge in [0.25, 0.3) is 5.56 Å². The number of ether oxygens (including phenoxy) is 1. The maximum atomic E-state index is 13.2. The summed E-state index contributed by atoms with van der Waals surface area (Å²) in [6.07, 6.45) is 0. The van der Waals surface area contributed by atoms with Crippen LogP contribution in [-0.4, -0.2) is 37.8 Å². The van der Waals surface area contributed by atoms with Crippen LogP contribution < -0.4 is 16.1 Å². The molecule has 1 aliphatic rings. The summed E-state index contributed by atoms with van der Waals surface area (Å²) in [4.78, 5) is 44.5. The molecular weight excluding hydrogens is 410 g/mol. The van der Waals surface area contributed by atoms with Crippen molar-refractivity contribution in [3.63, 3.8) is 0 Å². The van der Waals surface area contributed by atoms with E-state index in [-0.39, 0.29) is 23.7 Å². The number of carbonyl (C=O) groups is 1. The van der Waals surface area contributed by atoms with E-state index in [1.54, 1.807) is 13.0 Å². The molecule has 0 aliphatic carbocycles. The van der Waals surface area contributed by atoms with Crippen LogP contribution in [0.15, 0.2) is 33.9 Å². The fourth-order valence-corrected chi connectivity index (χ4v) is 4.03. The average molecular weight is 432 g/mol. The van der Waals surface area contributed by atoms with Crippen LogP contribution in [0.3, 0.4) is 0 Å². The van der Waals surface area contributed by atoms with Gasteiger partial charge in [0.1, 0.15) is 6.54 Å². The first-order valence-electron chi connectivity index (χ1n) is 9.70. The van der Waals surface area contributed by atoms with Gasteiger partial charge in [0, 0.05) is 30.8 Å². The van der Waals surface area contributed by atoms with Crippen LogP contribution in [-0.2, 0) is 29.7 Å². The van der Waals surface area contributed by atoms with Crippen LogP contribution >= 0.6 is 11.6 Å². The fourth-order valence-electron chi connectivity index (χ4n) is 3.84. The summed E-state index contributed by atoms with van der Waals surface area (Å²) in [7, 11) is 1.54. The molecule has 0 amide bonds. The fraction of sp³-hybridized carbons (Fsp3) is 0.400. The Labute approximate surface area is 177 Å². The summed E-state index contributed by atoms with van der Waals surface area (Å²) in [5.74, 6) is 0.138. The molecule has 1 aliphatic heterocycles. The van der Waals surface area contributed by atoms with Gasteiger partial charge in [-0.3, -0.25) is 14.2 Å². The van der Waals surface area contributed by atoms with Crippen LogP contribution in [0.4, 0.5) is 11.6 Å². The number of anilines is 2. The van der Waals surface area contributed by atoms with Crippen molar-refractivity contribution >= 4 is 40.4 Å². The van der Waals surface area contributed by atoms with Crippen molar-refractivity contribution < 1.29 is 9.53 Å². The molecule has 9 nitrogen and oxygen atoms in total. The van der Waals surface area contributed by atoms with E-state index in [4.69, 9.17) is 16.3 Å². The van der Waals surface area contributed by atoms with E-state index in [9.17, 15) is 14.4 Å². The van der Waals surface area contributed by atoms with Crippen LogP contribution in [0.25, 0.3) is 11.2 Å². The molecule has 0 bridgehead atoms. The second-order valence-electron chi connectivity index (χ2n) is 7.43. The van der Waals surface area contributed by atoms with E-state index < -0.39 is 23.8 Å². The Morgan fingerprint density at radius 3 is 2.77 bits per heavy atom. The molecular formula is C20H22ClN5O4. The molecule has 0 fully saturated rings. The van der Waals surface area contributed by atoms with E-state index in [0.717, 1.165) is 10.3 Å². The zero-order valence-electron chi connectivity index (χ0n) is 17.0. The van der Waals surface area contributed by atoms with Gasteiger partial charge < -0.3 is 14.2 Å². The van der Waals surface area contributed by atoms with Gasteiger partial charge in [-0.1, -0.05) is 24.6 Å². The average Bonchev–Trinajstić information content (AvgIpc) is 3.08. The summed E-state index contributed by atoms with van der Waals surface area (Å²) in [6, 6.07) is 7.40. The van der Waals surface area contributed by atoms with Gasteiger partial charge in [0.2, 0.25) is 5.95 Å². The quantitative estimate of drug-likeness (QED) is 0.586. The highest BCUT2D eigenvalue weighted by Crippen LogP contribution is 2.33. The predicted molar refractivity (Wildman–Crippen MR) is 113 cm³/mol. The minimum atomic E-state index is -0.636. The van der Waals surface area contributed by atoms with E-state index in [0.29, 0.717) is 24.1 Å². The van der Waals surface area contributed by atoms with Crippen molar-refractivity contribution in [1.82, 2.24) is 18.7 Å². The van der Waals surface area contributed by atoms with Gasteiger partial charge in [-0.2, -0.15) is 4.98 Å². The van der Waals surface area contributed by atoms with Crippen molar-refractivity contribution in [2.24, 2.45) is 13.0 Å². The molecule has 4 rings (SSSR count). The minimum Gasteiger partial charge on any atom is -0.465 e. The van der Waals surface area contributed by atoms with Crippen LogP contribution in [0, 0.1) is 5.92 Å². The number of nitrogens with zero attached hydrogens (tertiary/aromatic N) is 5. The van der Waals surface area contributed by atoms with Crippen LogP contribution in [0.2, 0.25) is 5.02 Å². The third kappa shape index (κ3) is 3.28. The molecule has 158 valence electrons. The topological polar surface area (TPSA) is 91.4 Å². The molecule has 0 spiro atoms. The first kappa shape index (κ1) is 20.2. The monoisotopic (exact) mass is 431 g/mol. The van der Waals surface area contributed by atoms with Crippen molar-refractivity contribution in [2.45, 2.75) is 26.9 Å². The number of hydrogen-bond donors (Lipinski definition) is 0. The molecule has 30 heavy (non-hydrogen) atoms. The molecule has 0 radical (unpaired) electrons. The highest BCUT2D eigenvalue weighted by molar-refractivity contribution is 6.30. The molecule has 0 saturated heterocycles. The summed E-state index contributed by atoms with van der Waals surface area (Å²) in [5.41, 5.74) is 0.247. The second kappa shape index (κ2) is 7.64. The third-order valence-corrected chi connectivity index (χ3v) is 5.39. The van der Waals surface area contributed by atoms with E-state index in [1.165, 1.54) is 11.6 Å². The van der Waals surface area contributed by atoms with Crippen molar-refractivity contribution in [1.29, 1.82) is 0 Å². The van der Waals surface area contributed by atoms with Gasteiger partial charge in [-0.05, 0) is 31.0 Å². The lowest BCUT2D eigenvalue weighted by atomic mass is 10.1. The Balaban J connectivity index is 1.94. The molecule has 10 heteroatoms. The smallest absolute Gasteiger partial charge is 0.333 e. The number of imidazole rings is 1. The summed E-state index contributed by atoms with van der Waals surface area (Å²) in [6.45, 7) is 4.73. The molecule has 3 aromatic rings. The number of rotatable bonds is 4. The van der Waals surface area contributed by atoms with Gasteiger partial charge in [0.05, 0.1) is 6.61 Å². The Morgan fingerprint density at radius 2 is 2.07 bits per heavy atom. The number of fused-ring (bicyclic) bond motifs is 3. The molecule has 2 aromatic heterocycles. The highest BCUT2D eigenvalue weighted by Gasteiger charge is 2.30. The Bertz CT molecular complexity index is 1260. The Kier molecular flexibility index (Phi) is 5.15. The van der Waals surface area contributed by atoms with Gasteiger partial charge in [0.15, 0.2) is 11.2 Å². The number of carbonyl (C=O) groups excluding carboxylic acids is 1. The summed E-state index contributed by atoms with van der Waals surface area (Å²) >= 11 is 6.18. The van der Waals surface area contributed by atoms with Crippen molar-refractivity contribution in [3.8, 4) is 0 Å². The van der Waals surface area contributed by atoms with Crippen molar-refractivity contribution in [3.05, 3.63) is 50.1 Å². The zero-order chi connectivity index (χ0) is 21.6. The van der Waals surface area contributed by atoms with Gasteiger partial charge >= 0.3 is 11.7 Å². The number of aromatic nitrogens is 4. The maximum Gasteiger partial charge on any atom is 0.333 e. The lowest BCUT2D eigenvalue weighted by Crippen LogP contribution is -2.42. The SMILES string of the molecule is CCOC(=O)Cn1c(=O)c2c(nc3n2C[C@@H](C)CN3c2cccc(Cl)c2)n(C)c1=O. The van der Waals surface area contributed by atoms with E-state index in [2.05, 4.69) is 11.9 Å². The van der Waals surface area contributed by atoms with Crippen LogP contribution in [0.1, 0.15) is 13.8 Å². The number of halogens is 1. The van der Waals surface area contributed by atoms with Gasteiger partial charge in [-0.25, -0.2) is 9.36 Å². The molecule has 0 saturated carbocycles. The molecule has 0 unspecified atom stereocenters. The summed E-state index contributed by atoms with van der Waals surface area (Å²) < 4.78 is 8.92. The van der Waals surface area contributed by atoms with Crippen LogP contribution in [0.5, 0.6) is 0 Å². The molecule has 0 N–H and O–H groups in total. The van der Waals surface area contributed by atoms with E-state index >= 15 is 0 Å². The number of benzene rings is 1. The third-order valence-electron chi connectivity index (χ3n) is 5.15. The Hall–Kier alpha value is -3.07. The summed E-state index contributed by atoms with van der Waals surface area (Å²) in [5, 5.41) is 0.595. The standard InChI is InChI=1S/C20H22ClN5O4/c1-4-30-15(27)11-26-18(28)16-17(23(3)20(26)29)22-19-24(9-12(2)10-25(16)19)14-7-5-6-13(21)8-14/h5-8,12H,4,9-11H2,1-3H3/t12-/m0/s1. The zero-order valence-corrected chi connectivity index (χ0v) is 17.7. The number of aryl methyl sites for hydroxylation is 1. The molecule has 1 aromatic carbocycles. The first-order valence-corrected chi connectivity index (χ1v) is 10.1. The number of esters is 1. The first-order chi connectivity index (χ1) is 14.3. The maximum absolute atomic E-state index is 13.2. The number of hydrogen-bond acceptors (Lipinski definition) is 6. The van der Waals surface area contributed by atoms with E-state index in [1.807, 2.05) is 27.7 Å². The highest BCUT2D eigenvalue weighted by atomic mass is 35.5.